The van der Waals surface area contributed by atoms with Gasteiger partial charge in [-0.2, -0.15) is 0 Å². The van der Waals surface area contributed by atoms with Gasteiger partial charge in [-0.05, 0) is 42.8 Å². The van der Waals surface area contributed by atoms with Gasteiger partial charge in [-0.3, -0.25) is 15.1 Å². The van der Waals surface area contributed by atoms with E-state index in [-0.39, 0.29) is 17.3 Å². The van der Waals surface area contributed by atoms with E-state index in [1.54, 1.807) is 42.7 Å². The van der Waals surface area contributed by atoms with Crippen LogP contribution in [0, 0.1) is 17.0 Å². The molecule has 1 aromatic carbocycles. The monoisotopic (exact) mass is 356 g/mol. The second-order valence-electron chi connectivity index (χ2n) is 5.12. The van der Waals surface area contributed by atoms with E-state index in [2.05, 4.69) is 25.6 Å². The molecule has 0 atom stereocenters. The highest BCUT2D eigenvalue weighted by atomic mass is 35.5. The maximum Gasteiger partial charge on any atom is 0.353 e. The minimum Gasteiger partial charge on any atom is -0.334 e. The first-order valence-electron chi connectivity index (χ1n) is 7.24. The predicted octanol–water partition coefficient (Wildman–Crippen LogP) is 4.23. The molecule has 25 heavy (non-hydrogen) atoms. The number of hydrogen-bond donors (Lipinski definition) is 2. The maximum atomic E-state index is 11.6. The van der Waals surface area contributed by atoms with Gasteiger partial charge in [0.15, 0.2) is 0 Å². The molecule has 0 aliphatic heterocycles. The van der Waals surface area contributed by atoms with Crippen molar-refractivity contribution >= 4 is 40.3 Å². The molecular formula is C16H13ClN6O2. The van der Waals surface area contributed by atoms with Crippen LogP contribution in [0.5, 0.6) is 0 Å². The number of aryl methyl sites for hydroxylation is 1. The van der Waals surface area contributed by atoms with Crippen LogP contribution in [0.4, 0.5) is 28.7 Å². The third kappa shape index (κ3) is 3.81. The quantitative estimate of drug-likeness (QED) is 0.520. The van der Waals surface area contributed by atoms with Crippen molar-refractivity contribution in [2.45, 2.75) is 6.92 Å². The van der Waals surface area contributed by atoms with Gasteiger partial charge in [0, 0.05) is 28.8 Å². The van der Waals surface area contributed by atoms with E-state index in [0.29, 0.717) is 16.4 Å². The average molecular weight is 357 g/mol. The van der Waals surface area contributed by atoms with E-state index < -0.39 is 4.92 Å². The van der Waals surface area contributed by atoms with Crippen molar-refractivity contribution in [2.75, 3.05) is 10.6 Å². The molecule has 2 aromatic heterocycles. The lowest BCUT2D eigenvalue weighted by molar-refractivity contribution is -0.383. The molecule has 0 saturated carbocycles. The van der Waals surface area contributed by atoms with Crippen LogP contribution in [0.25, 0.3) is 0 Å². The molecule has 2 heterocycles. The Labute approximate surface area is 148 Å². The largest absolute Gasteiger partial charge is 0.353 e. The first-order chi connectivity index (χ1) is 12.0. The molecule has 9 heteroatoms. The maximum absolute atomic E-state index is 11.6. The smallest absolute Gasteiger partial charge is 0.334 e. The van der Waals surface area contributed by atoms with Crippen LogP contribution in [0.3, 0.4) is 0 Å². The summed E-state index contributed by atoms with van der Waals surface area (Å²) in [5.41, 5.74) is 1.88. The molecule has 0 bridgehead atoms. The van der Waals surface area contributed by atoms with E-state index in [9.17, 15) is 10.1 Å². The molecule has 126 valence electrons. The van der Waals surface area contributed by atoms with Crippen molar-refractivity contribution in [3.8, 4) is 0 Å². The molecular weight excluding hydrogens is 344 g/mol. The second kappa shape index (κ2) is 7.10. The van der Waals surface area contributed by atoms with Crippen molar-refractivity contribution < 1.29 is 4.92 Å². The van der Waals surface area contributed by atoms with E-state index >= 15 is 0 Å². The van der Waals surface area contributed by atoms with E-state index in [4.69, 9.17) is 11.6 Å². The van der Waals surface area contributed by atoms with Crippen molar-refractivity contribution in [1.29, 1.82) is 0 Å². The van der Waals surface area contributed by atoms with Crippen LogP contribution in [-0.4, -0.2) is 19.9 Å². The van der Waals surface area contributed by atoms with E-state index in [0.717, 1.165) is 5.56 Å². The fourth-order valence-electron chi connectivity index (χ4n) is 2.20. The third-order valence-corrected chi connectivity index (χ3v) is 3.62. The van der Waals surface area contributed by atoms with E-state index in [1.165, 1.54) is 6.33 Å². The number of benzene rings is 1. The van der Waals surface area contributed by atoms with E-state index in [1.807, 2.05) is 6.92 Å². The summed E-state index contributed by atoms with van der Waals surface area (Å²) in [5, 5.41) is 18.0. The van der Waals surface area contributed by atoms with Gasteiger partial charge in [0.2, 0.25) is 11.6 Å². The summed E-state index contributed by atoms with van der Waals surface area (Å²) in [6.45, 7) is 1.84. The van der Waals surface area contributed by atoms with Crippen LogP contribution in [0.15, 0.2) is 49.1 Å². The van der Waals surface area contributed by atoms with Crippen molar-refractivity contribution in [2.24, 2.45) is 0 Å². The molecule has 0 fully saturated rings. The van der Waals surface area contributed by atoms with Crippen molar-refractivity contribution in [3.63, 3.8) is 0 Å². The van der Waals surface area contributed by atoms with Crippen LogP contribution in [0.1, 0.15) is 5.56 Å². The van der Waals surface area contributed by atoms with Gasteiger partial charge in [-0.15, -0.1) is 0 Å². The number of nitrogens with zero attached hydrogens (tertiary/aromatic N) is 4. The fraction of sp³-hybridized carbons (Fsp3) is 0.0625. The summed E-state index contributed by atoms with van der Waals surface area (Å²) in [4.78, 5) is 22.9. The first kappa shape index (κ1) is 16.6. The Morgan fingerprint density at radius 1 is 1.08 bits per heavy atom. The number of rotatable bonds is 5. The number of anilines is 4. The molecule has 2 N–H and O–H groups in total. The number of nitrogens with one attached hydrogen (secondary N) is 2. The Bertz CT molecular complexity index is 920. The second-order valence-corrected chi connectivity index (χ2v) is 5.56. The molecule has 0 spiro atoms. The lowest BCUT2D eigenvalue weighted by Crippen LogP contribution is -2.06. The zero-order chi connectivity index (χ0) is 17.8. The van der Waals surface area contributed by atoms with Crippen LogP contribution >= 0.6 is 11.6 Å². The fourth-order valence-corrected chi connectivity index (χ4v) is 2.43. The van der Waals surface area contributed by atoms with Crippen LogP contribution < -0.4 is 10.6 Å². The van der Waals surface area contributed by atoms with Crippen molar-refractivity contribution in [1.82, 2.24) is 15.0 Å². The van der Waals surface area contributed by atoms with Crippen molar-refractivity contribution in [3.05, 3.63) is 69.8 Å². The zero-order valence-electron chi connectivity index (χ0n) is 13.1. The van der Waals surface area contributed by atoms with Gasteiger partial charge in [-0.25, -0.2) is 9.97 Å². The molecule has 0 aliphatic carbocycles. The predicted molar refractivity (Wildman–Crippen MR) is 95.7 cm³/mol. The average Bonchev–Trinajstić information content (AvgIpc) is 2.58. The molecule has 0 saturated heterocycles. The number of hydrogen-bond acceptors (Lipinski definition) is 7. The summed E-state index contributed by atoms with van der Waals surface area (Å²) in [6, 6.07) is 8.55. The Morgan fingerprint density at radius 3 is 2.40 bits per heavy atom. The van der Waals surface area contributed by atoms with Crippen LogP contribution in [0.2, 0.25) is 5.02 Å². The highest BCUT2D eigenvalue weighted by Crippen LogP contribution is 2.33. The number of halogens is 1. The van der Waals surface area contributed by atoms with Gasteiger partial charge < -0.3 is 10.6 Å². The summed E-state index contributed by atoms with van der Waals surface area (Å²) in [6.07, 6.45) is 4.40. The van der Waals surface area contributed by atoms with Gasteiger partial charge in [0.1, 0.15) is 6.33 Å². The topological polar surface area (TPSA) is 106 Å². The molecule has 0 aliphatic rings. The summed E-state index contributed by atoms with van der Waals surface area (Å²) >= 11 is 5.94. The molecule has 0 amide bonds. The summed E-state index contributed by atoms with van der Waals surface area (Å²) < 4.78 is 0. The molecule has 3 aromatic rings. The van der Waals surface area contributed by atoms with Crippen LogP contribution in [-0.2, 0) is 0 Å². The van der Waals surface area contributed by atoms with Gasteiger partial charge in [0.05, 0.1) is 4.92 Å². The highest BCUT2D eigenvalue weighted by molar-refractivity contribution is 6.30. The standard InChI is InChI=1S/C16H13ClN6O2/c1-10-8-11(17)2-3-13(10)22-16-14(23(24)25)15(19-9-20-16)21-12-4-6-18-7-5-12/h2-9H,1H3,(H2,18,19,20,21,22). The zero-order valence-corrected chi connectivity index (χ0v) is 13.9. The normalized spacial score (nSPS) is 10.3. The molecule has 0 radical (unpaired) electrons. The van der Waals surface area contributed by atoms with Gasteiger partial charge in [-0.1, -0.05) is 11.6 Å². The SMILES string of the molecule is Cc1cc(Cl)ccc1Nc1ncnc(Nc2ccncc2)c1[N+](=O)[O-]. The number of pyridine rings is 1. The molecule has 0 unspecified atom stereocenters. The van der Waals surface area contributed by atoms with Gasteiger partial charge in [0.25, 0.3) is 0 Å². The number of aromatic nitrogens is 3. The molecule has 8 nitrogen and oxygen atoms in total. The lowest BCUT2D eigenvalue weighted by Gasteiger charge is -2.11. The minimum atomic E-state index is -0.531. The number of nitro groups is 1. The highest BCUT2D eigenvalue weighted by Gasteiger charge is 2.23. The minimum absolute atomic E-state index is 0.0836. The Kier molecular flexibility index (Phi) is 4.71. The molecule has 3 rings (SSSR count). The summed E-state index contributed by atoms with van der Waals surface area (Å²) in [7, 11) is 0. The van der Waals surface area contributed by atoms with Gasteiger partial charge >= 0.3 is 5.69 Å². The lowest BCUT2D eigenvalue weighted by atomic mass is 10.2. The summed E-state index contributed by atoms with van der Waals surface area (Å²) in [5.74, 6) is 0.169. The third-order valence-electron chi connectivity index (χ3n) is 3.39. The first-order valence-corrected chi connectivity index (χ1v) is 7.62. The Balaban J connectivity index is 1.99. The Hall–Kier alpha value is -3.26. The Morgan fingerprint density at radius 2 is 1.76 bits per heavy atom.